The van der Waals surface area contributed by atoms with Gasteiger partial charge in [0.05, 0.1) is 6.04 Å². The van der Waals surface area contributed by atoms with Crippen LogP contribution < -0.4 is 15.4 Å². The van der Waals surface area contributed by atoms with Crippen LogP contribution in [-0.4, -0.2) is 43.6 Å². The quantitative estimate of drug-likeness (QED) is 0.836. The van der Waals surface area contributed by atoms with E-state index in [1.165, 1.54) is 19.2 Å². The molecule has 0 bridgehead atoms. The molecule has 2 N–H and O–H groups in total. The number of amides is 3. The fraction of sp³-hybridized carbons (Fsp3) is 0.429. The molecule has 0 spiro atoms. The van der Waals surface area contributed by atoms with E-state index in [2.05, 4.69) is 15.4 Å². The Labute approximate surface area is 127 Å². The van der Waals surface area contributed by atoms with Crippen LogP contribution in [0.15, 0.2) is 24.3 Å². The van der Waals surface area contributed by atoms with Gasteiger partial charge in [-0.1, -0.05) is 12.1 Å². The van der Waals surface area contributed by atoms with Gasteiger partial charge in [0, 0.05) is 13.6 Å². The molecule has 0 aromatic heterocycles. The van der Waals surface area contributed by atoms with E-state index >= 15 is 0 Å². The van der Waals surface area contributed by atoms with Gasteiger partial charge in [-0.05, 0) is 31.7 Å². The molecule has 0 saturated carbocycles. The van der Waals surface area contributed by atoms with Gasteiger partial charge in [0.25, 0.3) is 0 Å². The van der Waals surface area contributed by atoms with Gasteiger partial charge in [0.2, 0.25) is 5.91 Å². The summed E-state index contributed by atoms with van der Waals surface area (Å²) in [5.41, 5.74) is 0.823. The zero-order chi connectivity index (χ0) is 16.7. The lowest BCUT2D eigenvalue weighted by Crippen LogP contribution is -2.47. The molecule has 122 valence electrons. The Hall–Kier alpha value is -2.22. The van der Waals surface area contributed by atoms with Gasteiger partial charge in [-0.3, -0.25) is 15.0 Å². The Morgan fingerprint density at radius 2 is 1.86 bits per heavy atom. The normalized spacial score (nSPS) is 12.1. The molecule has 0 heterocycles. The maximum absolute atomic E-state index is 12.1. The fourth-order valence-electron chi connectivity index (χ4n) is 1.68. The zero-order valence-electron chi connectivity index (χ0n) is 12.6. The molecule has 1 aromatic carbocycles. The number of ether oxygens (including phenoxy) is 1. The largest absolute Gasteiger partial charge is 0.435 e. The van der Waals surface area contributed by atoms with E-state index in [9.17, 15) is 18.4 Å². The highest BCUT2D eigenvalue weighted by atomic mass is 19.3. The highest BCUT2D eigenvalue weighted by Gasteiger charge is 2.19. The maximum atomic E-state index is 12.1. The topological polar surface area (TPSA) is 70.7 Å². The molecule has 0 aliphatic heterocycles. The number of nitrogens with one attached hydrogen (secondary N) is 2. The van der Waals surface area contributed by atoms with Crippen molar-refractivity contribution in [3.05, 3.63) is 29.8 Å². The standard InChI is InChI=1S/C14H19F2N3O3/c1-9(12(20)18-14(21)17-2)19(3)8-10-4-6-11(7-5-10)22-13(15)16/h4-7,9,13H,8H2,1-3H3,(H2,17,18,20,21)/t9-/m0/s1. The molecule has 0 aliphatic carbocycles. The predicted molar refractivity (Wildman–Crippen MR) is 76.6 cm³/mol. The van der Waals surface area contributed by atoms with Crippen LogP contribution in [0.4, 0.5) is 13.6 Å². The molecule has 0 unspecified atom stereocenters. The first-order chi connectivity index (χ1) is 10.3. The second kappa shape index (κ2) is 8.28. The molecule has 6 nitrogen and oxygen atoms in total. The number of benzene rings is 1. The van der Waals surface area contributed by atoms with Crippen LogP contribution in [0, 0.1) is 0 Å². The zero-order valence-corrected chi connectivity index (χ0v) is 12.6. The molecular weight excluding hydrogens is 296 g/mol. The van der Waals surface area contributed by atoms with E-state index in [0.717, 1.165) is 5.56 Å². The Morgan fingerprint density at radius 1 is 1.27 bits per heavy atom. The summed E-state index contributed by atoms with van der Waals surface area (Å²) in [6.45, 7) is -0.786. The number of halogens is 2. The number of rotatable bonds is 6. The third-order valence-electron chi connectivity index (χ3n) is 3.08. The van der Waals surface area contributed by atoms with Crippen molar-refractivity contribution in [2.75, 3.05) is 14.1 Å². The van der Waals surface area contributed by atoms with Gasteiger partial charge in [-0.2, -0.15) is 8.78 Å². The third-order valence-corrected chi connectivity index (χ3v) is 3.08. The second-order valence-corrected chi connectivity index (χ2v) is 4.68. The number of urea groups is 1. The minimum absolute atomic E-state index is 0.0758. The average Bonchev–Trinajstić information content (AvgIpc) is 2.47. The van der Waals surface area contributed by atoms with Crippen molar-refractivity contribution >= 4 is 11.9 Å². The van der Waals surface area contributed by atoms with E-state index < -0.39 is 24.6 Å². The summed E-state index contributed by atoms with van der Waals surface area (Å²) in [6, 6.07) is 5.04. The van der Waals surface area contributed by atoms with Gasteiger partial charge in [0.1, 0.15) is 5.75 Å². The van der Waals surface area contributed by atoms with Crippen LogP contribution in [0.3, 0.4) is 0 Å². The molecule has 3 amide bonds. The number of imide groups is 1. The lowest BCUT2D eigenvalue weighted by atomic mass is 10.2. The van der Waals surface area contributed by atoms with Crippen molar-refractivity contribution in [2.45, 2.75) is 26.1 Å². The first-order valence-electron chi connectivity index (χ1n) is 6.60. The SMILES string of the molecule is CNC(=O)NC(=O)[C@H](C)N(C)Cc1ccc(OC(F)F)cc1. The van der Waals surface area contributed by atoms with Crippen LogP contribution >= 0.6 is 0 Å². The molecular formula is C14H19F2N3O3. The molecule has 22 heavy (non-hydrogen) atoms. The molecule has 8 heteroatoms. The third kappa shape index (κ3) is 5.65. The number of hydrogen-bond donors (Lipinski definition) is 2. The highest BCUT2D eigenvalue weighted by Crippen LogP contribution is 2.16. The average molecular weight is 315 g/mol. The van der Waals surface area contributed by atoms with E-state index in [-0.39, 0.29) is 5.75 Å². The molecule has 1 rings (SSSR count). The van der Waals surface area contributed by atoms with Crippen molar-refractivity contribution in [3.63, 3.8) is 0 Å². The van der Waals surface area contributed by atoms with Crippen molar-refractivity contribution in [3.8, 4) is 5.75 Å². The number of carbonyl (C=O) groups is 2. The molecule has 0 fully saturated rings. The van der Waals surface area contributed by atoms with Gasteiger partial charge in [-0.25, -0.2) is 4.79 Å². The molecule has 1 aromatic rings. The number of likely N-dealkylation sites (N-methyl/N-ethyl adjacent to an activating group) is 1. The summed E-state index contributed by atoms with van der Waals surface area (Å²) in [7, 11) is 3.14. The molecule has 0 saturated heterocycles. The van der Waals surface area contributed by atoms with Crippen molar-refractivity contribution in [2.24, 2.45) is 0 Å². The van der Waals surface area contributed by atoms with Crippen LogP contribution in [0.2, 0.25) is 0 Å². The van der Waals surface area contributed by atoms with E-state index in [1.807, 2.05) is 0 Å². The van der Waals surface area contributed by atoms with Crippen molar-refractivity contribution in [1.29, 1.82) is 0 Å². The number of nitrogens with zero attached hydrogens (tertiary/aromatic N) is 1. The fourth-order valence-corrected chi connectivity index (χ4v) is 1.68. The molecule has 0 radical (unpaired) electrons. The van der Waals surface area contributed by atoms with Gasteiger partial charge < -0.3 is 10.1 Å². The van der Waals surface area contributed by atoms with E-state index in [4.69, 9.17) is 0 Å². The van der Waals surface area contributed by atoms with Crippen LogP contribution in [0.5, 0.6) is 5.75 Å². The summed E-state index contributed by atoms with van der Waals surface area (Å²) in [5.74, 6) is -0.355. The number of alkyl halides is 2. The molecule has 0 aliphatic rings. The number of carbonyl (C=O) groups excluding carboxylic acids is 2. The van der Waals surface area contributed by atoms with E-state index in [0.29, 0.717) is 6.54 Å². The van der Waals surface area contributed by atoms with Gasteiger partial charge in [0.15, 0.2) is 0 Å². The maximum Gasteiger partial charge on any atom is 0.387 e. The summed E-state index contributed by atoms with van der Waals surface area (Å²) in [6.07, 6.45) is 0. The Bertz CT molecular complexity index is 509. The van der Waals surface area contributed by atoms with Crippen molar-refractivity contribution < 1.29 is 23.1 Å². The summed E-state index contributed by atoms with van der Waals surface area (Å²) < 4.78 is 28.4. The van der Waals surface area contributed by atoms with Gasteiger partial charge in [-0.15, -0.1) is 0 Å². The van der Waals surface area contributed by atoms with Gasteiger partial charge >= 0.3 is 12.6 Å². The number of hydrogen-bond acceptors (Lipinski definition) is 4. The van der Waals surface area contributed by atoms with Crippen molar-refractivity contribution in [1.82, 2.24) is 15.5 Å². The minimum atomic E-state index is -2.86. The van der Waals surface area contributed by atoms with Crippen LogP contribution in [0.25, 0.3) is 0 Å². The molecule has 1 atom stereocenters. The van der Waals surface area contributed by atoms with E-state index in [1.54, 1.807) is 31.0 Å². The van der Waals surface area contributed by atoms with Crippen LogP contribution in [-0.2, 0) is 11.3 Å². The second-order valence-electron chi connectivity index (χ2n) is 4.68. The smallest absolute Gasteiger partial charge is 0.387 e. The summed E-state index contributed by atoms with van der Waals surface area (Å²) in [5, 5.41) is 4.49. The summed E-state index contributed by atoms with van der Waals surface area (Å²) in [4.78, 5) is 24.6. The highest BCUT2D eigenvalue weighted by molar-refractivity contribution is 5.96. The first-order valence-corrected chi connectivity index (χ1v) is 6.60. The summed E-state index contributed by atoms with van der Waals surface area (Å²) >= 11 is 0. The Balaban J connectivity index is 2.58. The Morgan fingerprint density at radius 3 is 2.36 bits per heavy atom. The monoisotopic (exact) mass is 315 g/mol. The Kier molecular flexibility index (Phi) is 6.71. The van der Waals surface area contributed by atoms with Crippen LogP contribution in [0.1, 0.15) is 12.5 Å². The lowest BCUT2D eigenvalue weighted by molar-refractivity contribution is -0.124. The minimum Gasteiger partial charge on any atom is -0.435 e. The lowest BCUT2D eigenvalue weighted by Gasteiger charge is -2.23. The first kappa shape index (κ1) is 17.8. The predicted octanol–water partition coefficient (Wildman–Crippen LogP) is 1.56.